The SMILES string of the molecule is CCN1CCOC(CNc2snc(N)c2S(=O)(=O)CC)C1. The number of morpholine rings is 1. The first-order chi connectivity index (χ1) is 9.97. The Morgan fingerprint density at radius 3 is 2.95 bits per heavy atom. The van der Waals surface area contributed by atoms with E-state index in [0.29, 0.717) is 18.2 Å². The Labute approximate surface area is 129 Å². The molecule has 2 rings (SSSR count). The van der Waals surface area contributed by atoms with Crippen molar-refractivity contribution in [3.63, 3.8) is 0 Å². The number of hydrogen-bond acceptors (Lipinski definition) is 8. The molecule has 0 aliphatic carbocycles. The third-order valence-electron chi connectivity index (χ3n) is 3.53. The second-order valence-electron chi connectivity index (χ2n) is 4.90. The summed E-state index contributed by atoms with van der Waals surface area (Å²) in [7, 11) is -3.38. The summed E-state index contributed by atoms with van der Waals surface area (Å²) in [6, 6.07) is 0. The molecule has 0 aromatic carbocycles. The smallest absolute Gasteiger partial charge is 0.184 e. The van der Waals surface area contributed by atoms with Gasteiger partial charge >= 0.3 is 0 Å². The van der Waals surface area contributed by atoms with Crippen LogP contribution in [0.15, 0.2) is 4.90 Å². The van der Waals surface area contributed by atoms with Crippen molar-refractivity contribution >= 4 is 32.2 Å². The van der Waals surface area contributed by atoms with Gasteiger partial charge in [-0.2, -0.15) is 4.37 Å². The molecule has 1 aliphatic heterocycles. The Bertz CT molecular complexity index is 573. The summed E-state index contributed by atoms with van der Waals surface area (Å²) in [4.78, 5) is 2.43. The topological polar surface area (TPSA) is 97.5 Å². The van der Waals surface area contributed by atoms with E-state index in [1.807, 2.05) is 0 Å². The minimum atomic E-state index is -3.38. The average Bonchev–Trinajstić information content (AvgIpc) is 2.87. The fourth-order valence-corrected chi connectivity index (χ4v) is 4.42. The lowest BCUT2D eigenvalue weighted by molar-refractivity contribution is -0.0191. The average molecular weight is 334 g/mol. The lowest BCUT2D eigenvalue weighted by Gasteiger charge is -2.32. The summed E-state index contributed by atoms with van der Waals surface area (Å²) < 4.78 is 33.8. The predicted octanol–water partition coefficient (Wildman–Crippen LogP) is 0.652. The zero-order valence-corrected chi connectivity index (χ0v) is 14.0. The molecule has 1 aromatic heterocycles. The molecule has 0 radical (unpaired) electrons. The lowest BCUT2D eigenvalue weighted by Crippen LogP contribution is -2.45. The molecule has 0 bridgehead atoms. The van der Waals surface area contributed by atoms with E-state index in [1.165, 1.54) is 0 Å². The van der Waals surface area contributed by atoms with Crippen LogP contribution in [0.2, 0.25) is 0 Å². The molecule has 3 N–H and O–H groups in total. The van der Waals surface area contributed by atoms with Crippen molar-refractivity contribution in [3.8, 4) is 0 Å². The van der Waals surface area contributed by atoms with Gasteiger partial charge in [-0.3, -0.25) is 4.90 Å². The summed E-state index contributed by atoms with van der Waals surface area (Å²) in [5.41, 5.74) is 5.70. The van der Waals surface area contributed by atoms with Crippen LogP contribution in [0.1, 0.15) is 13.8 Å². The number of rotatable bonds is 6. The van der Waals surface area contributed by atoms with Crippen molar-refractivity contribution in [2.75, 3.05) is 49.6 Å². The first-order valence-corrected chi connectivity index (χ1v) is 9.46. The molecule has 1 aliphatic rings. The van der Waals surface area contributed by atoms with Crippen molar-refractivity contribution in [2.24, 2.45) is 0 Å². The number of sulfone groups is 1. The van der Waals surface area contributed by atoms with E-state index in [9.17, 15) is 8.42 Å². The van der Waals surface area contributed by atoms with Crippen molar-refractivity contribution in [1.82, 2.24) is 9.27 Å². The van der Waals surface area contributed by atoms with Gasteiger partial charge in [0.15, 0.2) is 15.7 Å². The molecule has 0 saturated carbocycles. The molecule has 9 heteroatoms. The molecule has 1 aromatic rings. The summed E-state index contributed by atoms with van der Waals surface area (Å²) in [5.74, 6) is 0.0810. The van der Waals surface area contributed by atoms with Crippen LogP contribution in [-0.2, 0) is 14.6 Å². The van der Waals surface area contributed by atoms with E-state index in [2.05, 4.69) is 21.5 Å². The molecule has 7 nitrogen and oxygen atoms in total. The van der Waals surface area contributed by atoms with Crippen LogP contribution in [-0.4, -0.2) is 62.3 Å². The van der Waals surface area contributed by atoms with Gasteiger partial charge in [-0.15, -0.1) is 0 Å². The standard InChI is InChI=1S/C12H22N4O3S2/c1-3-16-5-6-19-9(8-16)7-14-12-10(11(13)15-20-12)21(17,18)4-2/h9,14H,3-8H2,1-2H3,(H2,13,15). The summed E-state index contributed by atoms with van der Waals surface area (Å²) in [5, 5.41) is 3.64. The molecule has 120 valence electrons. The molecular weight excluding hydrogens is 312 g/mol. The zero-order chi connectivity index (χ0) is 15.5. The fraction of sp³-hybridized carbons (Fsp3) is 0.750. The molecule has 0 spiro atoms. The maximum atomic E-state index is 12.1. The molecule has 2 heterocycles. The molecule has 1 atom stereocenters. The van der Waals surface area contributed by atoms with E-state index in [4.69, 9.17) is 10.5 Å². The first kappa shape index (κ1) is 16.5. The van der Waals surface area contributed by atoms with Crippen LogP contribution in [0.25, 0.3) is 0 Å². The van der Waals surface area contributed by atoms with E-state index in [-0.39, 0.29) is 22.6 Å². The van der Waals surface area contributed by atoms with Gasteiger partial charge in [0.2, 0.25) is 0 Å². The highest BCUT2D eigenvalue weighted by Crippen LogP contribution is 2.32. The third-order valence-corrected chi connectivity index (χ3v) is 6.27. The van der Waals surface area contributed by atoms with Gasteiger partial charge in [0.05, 0.1) is 18.5 Å². The van der Waals surface area contributed by atoms with Crippen molar-refractivity contribution < 1.29 is 13.2 Å². The third kappa shape index (κ3) is 3.85. The molecule has 1 unspecified atom stereocenters. The van der Waals surface area contributed by atoms with Gasteiger partial charge in [0.1, 0.15) is 9.90 Å². The number of hydrogen-bond donors (Lipinski definition) is 2. The Hall–Kier alpha value is -0.900. The summed E-state index contributed by atoms with van der Waals surface area (Å²) in [6.07, 6.45) is 0.0409. The number of ether oxygens (including phenoxy) is 1. The Kier molecular flexibility index (Phi) is 5.42. The second-order valence-corrected chi connectivity index (χ2v) is 7.88. The van der Waals surface area contributed by atoms with Gasteiger partial charge in [-0.05, 0) is 18.1 Å². The maximum Gasteiger partial charge on any atom is 0.184 e. The number of anilines is 2. The highest BCUT2D eigenvalue weighted by Gasteiger charge is 2.25. The van der Waals surface area contributed by atoms with Crippen LogP contribution in [0.5, 0.6) is 0 Å². The Morgan fingerprint density at radius 2 is 2.29 bits per heavy atom. The number of nitrogen functional groups attached to an aromatic ring is 1. The van der Waals surface area contributed by atoms with Gasteiger partial charge in [0.25, 0.3) is 0 Å². The van der Waals surface area contributed by atoms with Gasteiger partial charge in [-0.1, -0.05) is 13.8 Å². The van der Waals surface area contributed by atoms with Gasteiger partial charge in [-0.25, -0.2) is 8.42 Å². The van der Waals surface area contributed by atoms with Gasteiger partial charge < -0.3 is 15.8 Å². The first-order valence-electron chi connectivity index (χ1n) is 7.03. The lowest BCUT2D eigenvalue weighted by atomic mass is 10.2. The number of nitrogens with one attached hydrogen (secondary N) is 1. The van der Waals surface area contributed by atoms with E-state index in [1.54, 1.807) is 6.92 Å². The normalized spacial score (nSPS) is 20.6. The Balaban J connectivity index is 2.04. The van der Waals surface area contributed by atoms with Crippen LogP contribution in [0.4, 0.5) is 10.8 Å². The van der Waals surface area contributed by atoms with E-state index >= 15 is 0 Å². The Morgan fingerprint density at radius 1 is 1.52 bits per heavy atom. The minimum Gasteiger partial charge on any atom is -0.382 e. The molecule has 1 fully saturated rings. The fourth-order valence-electron chi connectivity index (χ4n) is 2.25. The molecular formula is C12H22N4O3S2. The van der Waals surface area contributed by atoms with Crippen molar-refractivity contribution in [1.29, 1.82) is 0 Å². The minimum absolute atomic E-state index is 0.00777. The van der Waals surface area contributed by atoms with E-state index < -0.39 is 9.84 Å². The van der Waals surface area contributed by atoms with Crippen LogP contribution in [0.3, 0.4) is 0 Å². The number of nitrogens with two attached hydrogens (primary N) is 1. The van der Waals surface area contributed by atoms with E-state index in [0.717, 1.165) is 31.2 Å². The summed E-state index contributed by atoms with van der Waals surface area (Å²) in [6.45, 7) is 7.73. The summed E-state index contributed by atoms with van der Waals surface area (Å²) >= 11 is 1.08. The zero-order valence-electron chi connectivity index (χ0n) is 12.3. The van der Waals surface area contributed by atoms with Crippen LogP contribution >= 0.6 is 11.5 Å². The van der Waals surface area contributed by atoms with Crippen LogP contribution < -0.4 is 11.1 Å². The monoisotopic (exact) mass is 334 g/mol. The van der Waals surface area contributed by atoms with Crippen molar-refractivity contribution in [2.45, 2.75) is 24.8 Å². The number of aromatic nitrogens is 1. The molecule has 1 saturated heterocycles. The predicted molar refractivity (Wildman–Crippen MR) is 84.6 cm³/mol. The molecule has 0 amide bonds. The maximum absolute atomic E-state index is 12.1. The van der Waals surface area contributed by atoms with Crippen LogP contribution in [0, 0.1) is 0 Å². The second kappa shape index (κ2) is 6.91. The number of nitrogens with zero attached hydrogens (tertiary/aromatic N) is 2. The van der Waals surface area contributed by atoms with Crippen molar-refractivity contribution in [3.05, 3.63) is 0 Å². The number of likely N-dealkylation sites (N-methyl/N-ethyl adjacent to an activating group) is 1. The highest BCUT2D eigenvalue weighted by atomic mass is 32.2. The highest BCUT2D eigenvalue weighted by molar-refractivity contribution is 7.91. The molecule has 21 heavy (non-hydrogen) atoms. The van der Waals surface area contributed by atoms with Gasteiger partial charge in [0, 0.05) is 19.6 Å². The quantitative estimate of drug-likeness (QED) is 0.788. The largest absolute Gasteiger partial charge is 0.382 e.